The standard InChI is InChI=1S/C18H29N3O3/c1-24-11-17(22)20-5-7-21(8-6-20)18(23)19-16-10-12-9-15(16)14-4-2-3-13(12)14/h12-16H,2-11H2,1H3,(H,19,23)/t12-,13-,14-,15+,16-/m1/s1. The molecular weight excluding hydrogens is 306 g/mol. The monoisotopic (exact) mass is 335 g/mol. The van der Waals surface area contributed by atoms with E-state index in [2.05, 4.69) is 5.32 Å². The highest BCUT2D eigenvalue weighted by Crippen LogP contribution is 2.58. The smallest absolute Gasteiger partial charge is 0.317 e. The molecule has 4 rings (SSSR count). The summed E-state index contributed by atoms with van der Waals surface area (Å²) in [6, 6.07) is 0.455. The van der Waals surface area contributed by atoms with Crippen LogP contribution in [0, 0.1) is 23.7 Å². The minimum Gasteiger partial charge on any atom is -0.375 e. The van der Waals surface area contributed by atoms with Gasteiger partial charge in [-0.05, 0) is 49.4 Å². The number of amides is 3. The number of piperazine rings is 1. The van der Waals surface area contributed by atoms with E-state index in [0.717, 1.165) is 23.7 Å². The lowest BCUT2D eigenvalue weighted by atomic mass is 9.79. The largest absolute Gasteiger partial charge is 0.375 e. The van der Waals surface area contributed by atoms with Crippen molar-refractivity contribution in [3.8, 4) is 0 Å². The molecule has 5 atom stereocenters. The molecule has 4 aliphatic rings. The molecule has 1 saturated heterocycles. The number of rotatable bonds is 3. The van der Waals surface area contributed by atoms with Crippen LogP contribution in [0.3, 0.4) is 0 Å². The Morgan fingerprint density at radius 1 is 1.00 bits per heavy atom. The van der Waals surface area contributed by atoms with Crippen molar-refractivity contribution >= 4 is 11.9 Å². The van der Waals surface area contributed by atoms with Gasteiger partial charge in [0.1, 0.15) is 6.61 Å². The lowest BCUT2D eigenvalue weighted by molar-refractivity contribution is -0.136. The Morgan fingerprint density at radius 2 is 1.71 bits per heavy atom. The van der Waals surface area contributed by atoms with Gasteiger partial charge in [0.25, 0.3) is 0 Å². The van der Waals surface area contributed by atoms with Gasteiger partial charge in [0, 0.05) is 39.3 Å². The summed E-state index contributed by atoms with van der Waals surface area (Å²) in [4.78, 5) is 28.1. The maximum atomic E-state index is 12.6. The Morgan fingerprint density at radius 3 is 2.46 bits per heavy atom. The van der Waals surface area contributed by atoms with Crippen LogP contribution in [0.1, 0.15) is 32.1 Å². The normalized spacial score (nSPS) is 37.6. The molecule has 24 heavy (non-hydrogen) atoms. The number of urea groups is 1. The quantitative estimate of drug-likeness (QED) is 0.846. The molecule has 0 spiro atoms. The zero-order valence-electron chi connectivity index (χ0n) is 14.6. The Bertz CT molecular complexity index is 504. The van der Waals surface area contributed by atoms with Crippen LogP contribution >= 0.6 is 0 Å². The van der Waals surface area contributed by atoms with Crippen molar-refractivity contribution in [2.24, 2.45) is 23.7 Å². The number of nitrogens with one attached hydrogen (secondary N) is 1. The maximum absolute atomic E-state index is 12.6. The predicted molar refractivity (Wildman–Crippen MR) is 89.4 cm³/mol. The van der Waals surface area contributed by atoms with E-state index in [1.807, 2.05) is 4.90 Å². The van der Waals surface area contributed by atoms with Crippen LogP contribution in [0.15, 0.2) is 0 Å². The number of hydrogen-bond acceptors (Lipinski definition) is 3. The van der Waals surface area contributed by atoms with Crippen molar-refractivity contribution in [2.45, 2.75) is 38.1 Å². The fourth-order valence-corrected chi connectivity index (χ4v) is 5.86. The summed E-state index contributed by atoms with van der Waals surface area (Å²) in [6.45, 7) is 2.58. The van der Waals surface area contributed by atoms with Crippen molar-refractivity contribution in [1.82, 2.24) is 15.1 Å². The Labute approximate surface area is 143 Å². The van der Waals surface area contributed by atoms with Crippen LogP contribution in [0.5, 0.6) is 0 Å². The SMILES string of the molecule is COCC(=O)N1CCN(C(=O)N[C@@H]2C[C@H]3C[C@H]2[C@@H]2CCC[C@H]32)CC1. The van der Waals surface area contributed by atoms with Crippen molar-refractivity contribution in [2.75, 3.05) is 39.9 Å². The zero-order valence-corrected chi connectivity index (χ0v) is 14.6. The van der Waals surface area contributed by atoms with Gasteiger partial charge < -0.3 is 19.9 Å². The van der Waals surface area contributed by atoms with Gasteiger partial charge in [0.15, 0.2) is 0 Å². The third kappa shape index (κ3) is 2.79. The first-order valence-electron chi connectivity index (χ1n) is 9.49. The van der Waals surface area contributed by atoms with Gasteiger partial charge >= 0.3 is 6.03 Å². The summed E-state index contributed by atoms with van der Waals surface area (Å²) in [5.41, 5.74) is 0. The summed E-state index contributed by atoms with van der Waals surface area (Å²) < 4.78 is 4.90. The zero-order chi connectivity index (χ0) is 16.7. The lowest BCUT2D eigenvalue weighted by Gasteiger charge is -2.37. The molecule has 0 radical (unpaired) electrons. The molecule has 6 nitrogen and oxygen atoms in total. The van der Waals surface area contributed by atoms with E-state index in [1.54, 1.807) is 4.90 Å². The van der Waals surface area contributed by atoms with E-state index in [9.17, 15) is 9.59 Å². The van der Waals surface area contributed by atoms with E-state index < -0.39 is 0 Å². The molecule has 0 unspecified atom stereocenters. The molecule has 1 aliphatic heterocycles. The first-order valence-corrected chi connectivity index (χ1v) is 9.49. The van der Waals surface area contributed by atoms with Gasteiger partial charge in [-0.25, -0.2) is 4.79 Å². The summed E-state index contributed by atoms with van der Waals surface area (Å²) >= 11 is 0. The molecule has 3 aliphatic carbocycles. The molecular formula is C18H29N3O3. The second kappa shape index (κ2) is 6.54. The van der Waals surface area contributed by atoms with E-state index in [-0.39, 0.29) is 18.5 Å². The number of fused-ring (bicyclic) bond motifs is 5. The predicted octanol–water partition coefficient (Wildman–Crippen LogP) is 1.31. The third-order valence-electron chi connectivity index (χ3n) is 6.92. The second-order valence-corrected chi connectivity index (χ2v) is 8.01. The van der Waals surface area contributed by atoms with E-state index in [0.29, 0.717) is 32.2 Å². The molecule has 3 saturated carbocycles. The average molecular weight is 335 g/mol. The maximum Gasteiger partial charge on any atom is 0.317 e. The number of hydrogen-bond donors (Lipinski definition) is 1. The Kier molecular flexibility index (Phi) is 4.41. The van der Waals surface area contributed by atoms with Gasteiger partial charge in [-0.1, -0.05) is 6.42 Å². The molecule has 4 fully saturated rings. The fraction of sp³-hybridized carbons (Fsp3) is 0.889. The first kappa shape index (κ1) is 16.2. The average Bonchev–Trinajstić information content (AvgIpc) is 3.28. The number of carbonyl (C=O) groups excluding carboxylic acids is 2. The highest BCUT2D eigenvalue weighted by atomic mass is 16.5. The summed E-state index contributed by atoms with van der Waals surface area (Å²) in [6.07, 6.45) is 6.70. The molecule has 6 heteroatoms. The number of ether oxygens (including phenoxy) is 1. The molecule has 0 aromatic rings. The molecule has 1 N–H and O–H groups in total. The Hall–Kier alpha value is -1.30. The van der Waals surface area contributed by atoms with Crippen molar-refractivity contribution < 1.29 is 14.3 Å². The number of nitrogens with zero attached hydrogens (tertiary/aromatic N) is 2. The van der Waals surface area contributed by atoms with Crippen LogP contribution in [-0.4, -0.2) is 67.7 Å². The van der Waals surface area contributed by atoms with Crippen LogP contribution in [0.4, 0.5) is 4.79 Å². The van der Waals surface area contributed by atoms with Gasteiger partial charge in [-0.3, -0.25) is 4.79 Å². The van der Waals surface area contributed by atoms with Crippen molar-refractivity contribution in [3.05, 3.63) is 0 Å². The van der Waals surface area contributed by atoms with Gasteiger partial charge in [-0.2, -0.15) is 0 Å². The van der Waals surface area contributed by atoms with Crippen molar-refractivity contribution in [3.63, 3.8) is 0 Å². The van der Waals surface area contributed by atoms with Crippen LogP contribution in [-0.2, 0) is 9.53 Å². The topological polar surface area (TPSA) is 61.9 Å². The molecule has 0 aromatic carbocycles. The second-order valence-electron chi connectivity index (χ2n) is 8.01. The minimum absolute atomic E-state index is 0.0120. The highest BCUT2D eigenvalue weighted by molar-refractivity contribution is 5.78. The minimum atomic E-state index is 0.0120. The van der Waals surface area contributed by atoms with Gasteiger partial charge in [-0.15, -0.1) is 0 Å². The Balaban J connectivity index is 1.27. The van der Waals surface area contributed by atoms with Crippen molar-refractivity contribution in [1.29, 1.82) is 0 Å². The molecule has 3 amide bonds. The molecule has 2 bridgehead atoms. The summed E-state index contributed by atoms with van der Waals surface area (Å²) in [5.74, 6) is 3.42. The fourth-order valence-electron chi connectivity index (χ4n) is 5.86. The van der Waals surface area contributed by atoms with Gasteiger partial charge in [0.05, 0.1) is 0 Å². The van der Waals surface area contributed by atoms with Crippen LogP contribution < -0.4 is 5.32 Å². The first-order chi connectivity index (χ1) is 11.7. The van der Waals surface area contributed by atoms with E-state index in [4.69, 9.17) is 4.74 Å². The summed E-state index contributed by atoms with van der Waals surface area (Å²) in [5, 5.41) is 3.32. The molecule has 134 valence electrons. The third-order valence-corrected chi connectivity index (χ3v) is 6.92. The lowest BCUT2D eigenvalue weighted by Crippen LogP contribution is -2.56. The van der Waals surface area contributed by atoms with Crippen LogP contribution in [0.25, 0.3) is 0 Å². The van der Waals surface area contributed by atoms with E-state index in [1.165, 1.54) is 39.2 Å². The van der Waals surface area contributed by atoms with Gasteiger partial charge in [0.2, 0.25) is 5.91 Å². The number of methoxy groups -OCH3 is 1. The van der Waals surface area contributed by atoms with Crippen LogP contribution in [0.2, 0.25) is 0 Å². The van der Waals surface area contributed by atoms with E-state index >= 15 is 0 Å². The highest BCUT2D eigenvalue weighted by Gasteiger charge is 2.54. The molecule has 1 heterocycles. The number of carbonyl (C=O) groups is 2. The summed E-state index contributed by atoms with van der Waals surface area (Å²) in [7, 11) is 1.53. The molecule has 0 aromatic heterocycles.